The Kier molecular flexibility index (Phi) is 15.9. The van der Waals surface area contributed by atoms with Crippen LogP contribution in [0.4, 0.5) is 0 Å². The lowest BCUT2D eigenvalue weighted by molar-refractivity contribution is 0.0750. The van der Waals surface area contributed by atoms with Crippen molar-refractivity contribution < 1.29 is 19.1 Å². The Hall–Kier alpha value is -3.02. The molecular formula is C34H52N2O4. The summed E-state index contributed by atoms with van der Waals surface area (Å²) in [5.74, 6) is 0.515. The van der Waals surface area contributed by atoms with E-state index < -0.39 is 0 Å². The van der Waals surface area contributed by atoms with Crippen LogP contribution in [0.15, 0.2) is 42.5 Å². The number of benzene rings is 2. The van der Waals surface area contributed by atoms with Crippen LogP contribution in [0.5, 0.6) is 11.5 Å². The summed E-state index contributed by atoms with van der Waals surface area (Å²) in [6, 6.07) is 14.0. The second-order valence-corrected chi connectivity index (χ2v) is 10.6. The Morgan fingerprint density at radius 2 is 1.27 bits per heavy atom. The van der Waals surface area contributed by atoms with Gasteiger partial charge in [0.15, 0.2) is 11.5 Å². The van der Waals surface area contributed by atoms with Crippen molar-refractivity contribution in [2.45, 2.75) is 91.4 Å². The maximum Gasteiger partial charge on any atom is 0.258 e. The molecule has 0 unspecified atom stereocenters. The quantitative estimate of drug-likeness (QED) is 0.157. The van der Waals surface area contributed by atoms with Crippen molar-refractivity contribution in [3.05, 3.63) is 59.2 Å². The first kappa shape index (κ1) is 33.2. The van der Waals surface area contributed by atoms with Crippen LogP contribution >= 0.6 is 0 Å². The van der Waals surface area contributed by atoms with Gasteiger partial charge in [-0.2, -0.15) is 0 Å². The molecule has 6 heteroatoms. The first-order valence-corrected chi connectivity index (χ1v) is 15.4. The van der Waals surface area contributed by atoms with Crippen LogP contribution in [0.1, 0.15) is 111 Å². The summed E-state index contributed by atoms with van der Waals surface area (Å²) in [4.78, 5) is 30.1. The molecule has 2 rings (SSSR count). The fourth-order valence-corrected chi connectivity index (χ4v) is 4.78. The molecule has 222 valence electrons. The van der Waals surface area contributed by atoms with E-state index in [0.29, 0.717) is 48.9 Å². The molecule has 0 fully saturated rings. The van der Waals surface area contributed by atoms with E-state index >= 15 is 0 Å². The van der Waals surface area contributed by atoms with E-state index in [1.807, 2.05) is 19.9 Å². The molecule has 2 amide bonds. The standard InChI is InChI=1S/C34H52N2O4/c1-6-9-10-11-12-13-19-27-40-32-30(39-26-20-15-18-23-28-21-16-14-17-22-28)25-24-29(31(32)34(38)35(4)5)33(37)36(7-2)8-3/h14,16-17,21-22,24-25H,6-13,15,18-20,23,26-27H2,1-5H3. The molecule has 0 saturated carbocycles. The Labute approximate surface area is 243 Å². The summed E-state index contributed by atoms with van der Waals surface area (Å²) in [5, 5.41) is 0. The molecule has 2 aromatic carbocycles. The minimum absolute atomic E-state index is 0.163. The van der Waals surface area contributed by atoms with Crippen LogP contribution < -0.4 is 9.47 Å². The Bertz CT molecular complexity index is 1000. The predicted molar refractivity (Wildman–Crippen MR) is 165 cm³/mol. The largest absolute Gasteiger partial charge is 0.490 e. The lowest BCUT2D eigenvalue weighted by atomic mass is 10.0. The maximum atomic E-state index is 13.4. The van der Waals surface area contributed by atoms with Gasteiger partial charge >= 0.3 is 0 Å². The van der Waals surface area contributed by atoms with Crippen molar-refractivity contribution in [3.8, 4) is 11.5 Å². The van der Waals surface area contributed by atoms with Gasteiger partial charge in [-0.15, -0.1) is 0 Å². The van der Waals surface area contributed by atoms with Gasteiger partial charge in [-0.25, -0.2) is 0 Å². The summed E-state index contributed by atoms with van der Waals surface area (Å²) in [7, 11) is 3.41. The van der Waals surface area contributed by atoms with Crippen LogP contribution in [0, 0.1) is 0 Å². The molecule has 0 spiro atoms. The second kappa shape index (κ2) is 19.1. The summed E-state index contributed by atoms with van der Waals surface area (Å²) in [6.07, 6.45) is 12.3. The zero-order chi connectivity index (χ0) is 29.2. The van der Waals surface area contributed by atoms with Crippen molar-refractivity contribution in [1.82, 2.24) is 9.80 Å². The molecule has 0 atom stereocenters. The fraction of sp³-hybridized carbons (Fsp3) is 0.588. The number of carbonyl (C=O) groups is 2. The molecule has 0 heterocycles. The summed E-state index contributed by atoms with van der Waals surface area (Å²) in [6.45, 7) is 8.27. The van der Waals surface area contributed by atoms with Crippen molar-refractivity contribution in [2.75, 3.05) is 40.4 Å². The van der Waals surface area contributed by atoms with E-state index in [-0.39, 0.29) is 11.8 Å². The van der Waals surface area contributed by atoms with Crippen LogP contribution in [0.3, 0.4) is 0 Å². The highest BCUT2D eigenvalue weighted by Crippen LogP contribution is 2.36. The second-order valence-electron chi connectivity index (χ2n) is 10.6. The molecule has 0 saturated heterocycles. The fourth-order valence-electron chi connectivity index (χ4n) is 4.78. The number of ether oxygens (including phenoxy) is 2. The minimum atomic E-state index is -0.251. The third-order valence-electron chi connectivity index (χ3n) is 7.23. The Balaban J connectivity index is 2.17. The Morgan fingerprint density at radius 3 is 1.90 bits per heavy atom. The monoisotopic (exact) mass is 552 g/mol. The molecule has 0 radical (unpaired) electrons. The molecule has 0 aliphatic heterocycles. The van der Waals surface area contributed by atoms with Gasteiger partial charge in [0.1, 0.15) is 0 Å². The summed E-state index contributed by atoms with van der Waals surface area (Å²) < 4.78 is 12.5. The number of carbonyl (C=O) groups excluding carboxylic acids is 2. The highest BCUT2D eigenvalue weighted by Gasteiger charge is 2.28. The number of rotatable bonds is 20. The predicted octanol–water partition coefficient (Wildman–Crippen LogP) is 7.79. The van der Waals surface area contributed by atoms with Crippen LogP contribution in [0.25, 0.3) is 0 Å². The van der Waals surface area contributed by atoms with Gasteiger partial charge in [0.25, 0.3) is 11.8 Å². The number of amides is 2. The lowest BCUT2D eigenvalue weighted by Gasteiger charge is -2.24. The van der Waals surface area contributed by atoms with E-state index in [1.165, 1.54) is 42.6 Å². The van der Waals surface area contributed by atoms with Crippen LogP contribution in [-0.4, -0.2) is 62.0 Å². The highest BCUT2D eigenvalue weighted by atomic mass is 16.5. The topological polar surface area (TPSA) is 59.1 Å². The van der Waals surface area contributed by atoms with Crippen LogP contribution in [-0.2, 0) is 6.42 Å². The van der Waals surface area contributed by atoms with Crippen molar-refractivity contribution >= 4 is 11.8 Å². The van der Waals surface area contributed by atoms with Crippen molar-refractivity contribution in [2.24, 2.45) is 0 Å². The molecule has 0 bridgehead atoms. The Morgan fingerprint density at radius 1 is 0.675 bits per heavy atom. The average molecular weight is 553 g/mol. The molecule has 2 aromatic rings. The third kappa shape index (κ3) is 10.9. The molecular weight excluding hydrogens is 500 g/mol. The van der Waals surface area contributed by atoms with Gasteiger partial charge in [0.2, 0.25) is 0 Å². The number of nitrogens with zero attached hydrogens (tertiary/aromatic N) is 2. The molecule has 0 aliphatic carbocycles. The number of hydrogen-bond donors (Lipinski definition) is 0. The number of aryl methyl sites for hydroxylation is 1. The smallest absolute Gasteiger partial charge is 0.258 e. The van der Waals surface area contributed by atoms with Crippen LogP contribution in [0.2, 0.25) is 0 Å². The minimum Gasteiger partial charge on any atom is -0.490 e. The van der Waals surface area contributed by atoms with Gasteiger partial charge in [-0.3, -0.25) is 9.59 Å². The first-order chi connectivity index (χ1) is 19.4. The van der Waals surface area contributed by atoms with Gasteiger partial charge < -0.3 is 19.3 Å². The zero-order valence-electron chi connectivity index (χ0n) is 25.7. The summed E-state index contributed by atoms with van der Waals surface area (Å²) >= 11 is 0. The van der Waals surface area contributed by atoms with Gasteiger partial charge in [0, 0.05) is 27.2 Å². The van der Waals surface area contributed by atoms with Gasteiger partial charge in [-0.1, -0.05) is 75.8 Å². The highest BCUT2D eigenvalue weighted by molar-refractivity contribution is 6.09. The maximum absolute atomic E-state index is 13.4. The van der Waals surface area contributed by atoms with Crippen molar-refractivity contribution in [3.63, 3.8) is 0 Å². The number of hydrogen-bond acceptors (Lipinski definition) is 4. The van der Waals surface area contributed by atoms with Crippen molar-refractivity contribution in [1.29, 1.82) is 0 Å². The zero-order valence-corrected chi connectivity index (χ0v) is 25.7. The lowest BCUT2D eigenvalue weighted by Crippen LogP contribution is -2.33. The van der Waals surface area contributed by atoms with E-state index in [1.54, 1.807) is 31.1 Å². The van der Waals surface area contributed by atoms with Gasteiger partial charge in [0.05, 0.1) is 24.3 Å². The SMILES string of the molecule is CCCCCCCCCOc1c(OCCCCCc2ccccc2)ccc(C(=O)N(CC)CC)c1C(=O)N(C)C. The molecule has 0 N–H and O–H groups in total. The van der Waals surface area contributed by atoms with Gasteiger partial charge in [-0.05, 0) is 63.6 Å². The molecule has 0 aliphatic rings. The molecule has 6 nitrogen and oxygen atoms in total. The third-order valence-corrected chi connectivity index (χ3v) is 7.23. The average Bonchev–Trinajstić information content (AvgIpc) is 2.97. The normalized spacial score (nSPS) is 10.8. The summed E-state index contributed by atoms with van der Waals surface area (Å²) in [5.41, 5.74) is 2.02. The van der Waals surface area contributed by atoms with E-state index in [9.17, 15) is 9.59 Å². The molecule has 40 heavy (non-hydrogen) atoms. The molecule has 0 aromatic heterocycles. The first-order valence-electron chi connectivity index (χ1n) is 15.4. The number of unbranched alkanes of at least 4 members (excludes halogenated alkanes) is 8. The van der Waals surface area contributed by atoms with E-state index in [2.05, 4.69) is 31.2 Å². The van der Waals surface area contributed by atoms with E-state index in [0.717, 1.165) is 38.5 Å². The van der Waals surface area contributed by atoms with E-state index in [4.69, 9.17) is 9.47 Å².